The second-order valence-electron chi connectivity index (χ2n) is 6.66. The lowest BCUT2D eigenvalue weighted by atomic mass is 9.94. The van der Waals surface area contributed by atoms with Crippen molar-refractivity contribution < 1.29 is 14.4 Å². The zero-order valence-corrected chi connectivity index (χ0v) is 16.3. The van der Waals surface area contributed by atoms with Crippen molar-refractivity contribution >= 4 is 40.9 Å². The third-order valence-corrected chi connectivity index (χ3v) is 5.02. The number of hydrogen-bond acceptors (Lipinski definition) is 4. The summed E-state index contributed by atoms with van der Waals surface area (Å²) in [6.07, 6.45) is 0.694. The van der Waals surface area contributed by atoms with Gasteiger partial charge in [0.15, 0.2) is 0 Å². The molecule has 0 spiro atoms. The summed E-state index contributed by atoms with van der Waals surface area (Å²) in [4.78, 5) is 40.6. The van der Waals surface area contributed by atoms with E-state index < -0.39 is 0 Å². The van der Waals surface area contributed by atoms with Gasteiger partial charge >= 0.3 is 0 Å². The number of amides is 3. The fraction of sp³-hybridized carbons (Fsp3) is 0.350. The fourth-order valence-electron chi connectivity index (χ4n) is 3.25. The predicted octanol–water partition coefficient (Wildman–Crippen LogP) is 2.44. The number of rotatable bonds is 6. The van der Waals surface area contributed by atoms with E-state index in [9.17, 15) is 14.4 Å². The Morgan fingerprint density at radius 2 is 1.67 bits per heavy atom. The van der Waals surface area contributed by atoms with Gasteiger partial charge in [-0.05, 0) is 30.9 Å². The molecule has 6 nitrogen and oxygen atoms in total. The van der Waals surface area contributed by atoms with Crippen LogP contribution in [0.3, 0.4) is 0 Å². The van der Waals surface area contributed by atoms with E-state index >= 15 is 0 Å². The summed E-state index contributed by atoms with van der Waals surface area (Å²) in [5.74, 6) is -0.631. The molecule has 2 aromatic carbocycles. The monoisotopic (exact) mass is 389 g/mol. The fourth-order valence-corrected chi connectivity index (χ4v) is 3.25. The highest BCUT2D eigenvalue weighted by atomic mass is 35.5. The molecule has 1 aliphatic rings. The Morgan fingerprint density at radius 1 is 1.11 bits per heavy atom. The Bertz CT molecular complexity index is 833. The van der Waals surface area contributed by atoms with Gasteiger partial charge in [0.1, 0.15) is 0 Å². The van der Waals surface area contributed by atoms with Gasteiger partial charge in [0.25, 0.3) is 11.8 Å². The maximum absolute atomic E-state index is 12.8. The van der Waals surface area contributed by atoms with Crippen LogP contribution in [0, 0.1) is 0 Å². The first-order valence-electron chi connectivity index (χ1n) is 8.79. The van der Waals surface area contributed by atoms with E-state index in [1.807, 2.05) is 31.2 Å². The molecule has 0 aliphatic carbocycles. The molecular weight excluding hydrogens is 366 g/mol. The van der Waals surface area contributed by atoms with Crippen molar-refractivity contribution in [2.45, 2.75) is 25.8 Å². The van der Waals surface area contributed by atoms with Crippen molar-refractivity contribution in [3.8, 4) is 0 Å². The van der Waals surface area contributed by atoms with E-state index in [-0.39, 0.29) is 49.1 Å². The molecule has 3 rings (SSSR count). The second-order valence-corrected chi connectivity index (χ2v) is 6.66. The van der Waals surface area contributed by atoms with Crippen LogP contribution in [0.15, 0.2) is 36.4 Å². The van der Waals surface area contributed by atoms with Crippen molar-refractivity contribution in [1.29, 1.82) is 0 Å². The smallest absolute Gasteiger partial charge is 0.261 e. The van der Waals surface area contributed by atoms with Gasteiger partial charge in [-0.25, -0.2) is 0 Å². The minimum absolute atomic E-state index is 0. The number of carbonyl (C=O) groups excluding carboxylic acids is 3. The molecule has 0 aromatic heterocycles. The number of carbonyl (C=O) groups is 3. The number of likely N-dealkylation sites (N-methyl/N-ethyl adjacent to an activating group) is 1. The Hall–Kier alpha value is -2.44. The summed E-state index contributed by atoms with van der Waals surface area (Å²) in [5, 5.41) is 1.60. The molecular formula is C20H24ClN3O3. The molecule has 1 atom stereocenters. The van der Waals surface area contributed by atoms with Gasteiger partial charge in [0.2, 0.25) is 5.91 Å². The topological polar surface area (TPSA) is 83.7 Å². The average molecular weight is 390 g/mol. The first kappa shape index (κ1) is 20.9. The van der Waals surface area contributed by atoms with Crippen molar-refractivity contribution in [3.05, 3.63) is 47.5 Å². The summed E-state index contributed by atoms with van der Waals surface area (Å²) in [6, 6.07) is 10.9. The Labute approximate surface area is 164 Å². The lowest BCUT2D eigenvalue weighted by molar-refractivity contribution is -0.131. The lowest BCUT2D eigenvalue weighted by Crippen LogP contribution is -2.42. The first-order chi connectivity index (χ1) is 12.5. The minimum Gasteiger partial charge on any atom is -0.342 e. The van der Waals surface area contributed by atoms with Crippen molar-refractivity contribution in [1.82, 2.24) is 9.80 Å². The van der Waals surface area contributed by atoms with E-state index in [4.69, 9.17) is 5.73 Å². The van der Waals surface area contributed by atoms with Crippen LogP contribution in [0.4, 0.5) is 0 Å². The Morgan fingerprint density at radius 3 is 2.19 bits per heavy atom. The summed E-state index contributed by atoms with van der Waals surface area (Å²) in [6.45, 7) is 2.50. The normalized spacial score (nSPS) is 14.1. The molecule has 2 aromatic rings. The van der Waals surface area contributed by atoms with Crippen LogP contribution in [0.25, 0.3) is 10.8 Å². The second kappa shape index (κ2) is 8.50. The van der Waals surface area contributed by atoms with Crippen molar-refractivity contribution in [3.63, 3.8) is 0 Å². The molecule has 144 valence electrons. The molecule has 3 amide bonds. The summed E-state index contributed by atoms with van der Waals surface area (Å²) in [7, 11) is 1.72. The van der Waals surface area contributed by atoms with E-state index in [0.29, 0.717) is 29.5 Å². The van der Waals surface area contributed by atoms with Crippen LogP contribution in [0.2, 0.25) is 0 Å². The number of hydrogen-bond donors (Lipinski definition) is 1. The molecule has 27 heavy (non-hydrogen) atoms. The minimum atomic E-state index is -0.296. The van der Waals surface area contributed by atoms with Gasteiger partial charge in [-0.2, -0.15) is 0 Å². The van der Waals surface area contributed by atoms with Crippen LogP contribution in [0.1, 0.15) is 40.5 Å². The zero-order valence-electron chi connectivity index (χ0n) is 15.5. The van der Waals surface area contributed by atoms with Gasteiger partial charge in [0.05, 0.1) is 0 Å². The number of imide groups is 1. The first-order valence-corrected chi connectivity index (χ1v) is 8.79. The third kappa shape index (κ3) is 3.82. The standard InChI is InChI=1S/C20H23N3O3.ClH/c1-13(12-21)22(2)17(24)10-5-11-23-19(25)15-8-3-6-14-7-4-9-16(18(14)15)20(23)26;/h3-4,6-9,13H,5,10-12,21H2,1-2H3;1H. The molecule has 2 N–H and O–H groups in total. The largest absolute Gasteiger partial charge is 0.342 e. The highest BCUT2D eigenvalue weighted by molar-refractivity contribution is 6.25. The molecule has 0 saturated heterocycles. The summed E-state index contributed by atoms with van der Waals surface area (Å²) < 4.78 is 0. The van der Waals surface area contributed by atoms with E-state index in [1.54, 1.807) is 24.1 Å². The van der Waals surface area contributed by atoms with Crippen LogP contribution in [0.5, 0.6) is 0 Å². The Balaban J connectivity index is 0.00000261. The van der Waals surface area contributed by atoms with Crippen LogP contribution < -0.4 is 5.73 Å². The molecule has 1 unspecified atom stereocenters. The molecule has 0 bridgehead atoms. The SMILES string of the molecule is CC(CN)N(C)C(=O)CCCN1C(=O)c2cccc3cccc(c23)C1=O.Cl. The number of nitrogens with two attached hydrogens (primary N) is 1. The molecule has 1 heterocycles. The number of nitrogens with zero attached hydrogens (tertiary/aromatic N) is 2. The van der Waals surface area contributed by atoms with Gasteiger partial charge in [-0.15, -0.1) is 12.4 Å². The van der Waals surface area contributed by atoms with Crippen molar-refractivity contribution in [2.75, 3.05) is 20.1 Å². The van der Waals surface area contributed by atoms with Gasteiger partial charge in [-0.1, -0.05) is 24.3 Å². The van der Waals surface area contributed by atoms with Gasteiger partial charge in [-0.3, -0.25) is 19.3 Å². The quantitative estimate of drug-likeness (QED) is 0.769. The van der Waals surface area contributed by atoms with Crippen LogP contribution in [-0.2, 0) is 4.79 Å². The van der Waals surface area contributed by atoms with Crippen LogP contribution >= 0.6 is 12.4 Å². The molecule has 1 aliphatic heterocycles. The van der Waals surface area contributed by atoms with Gasteiger partial charge < -0.3 is 10.6 Å². The molecule has 0 saturated carbocycles. The highest BCUT2D eigenvalue weighted by Gasteiger charge is 2.32. The lowest BCUT2D eigenvalue weighted by Gasteiger charge is -2.28. The third-order valence-electron chi connectivity index (χ3n) is 5.02. The van der Waals surface area contributed by atoms with E-state index in [1.165, 1.54) is 4.90 Å². The molecule has 0 fully saturated rings. The van der Waals surface area contributed by atoms with Crippen LogP contribution in [-0.4, -0.2) is 53.7 Å². The summed E-state index contributed by atoms with van der Waals surface area (Å²) in [5.41, 5.74) is 6.66. The summed E-state index contributed by atoms with van der Waals surface area (Å²) >= 11 is 0. The highest BCUT2D eigenvalue weighted by Crippen LogP contribution is 2.30. The Kier molecular flexibility index (Phi) is 6.57. The van der Waals surface area contributed by atoms with Gasteiger partial charge in [0, 0.05) is 49.1 Å². The maximum atomic E-state index is 12.8. The number of halogens is 1. The molecule has 0 radical (unpaired) electrons. The molecule has 7 heteroatoms. The zero-order chi connectivity index (χ0) is 18.8. The van der Waals surface area contributed by atoms with Crippen molar-refractivity contribution in [2.24, 2.45) is 5.73 Å². The average Bonchev–Trinajstić information content (AvgIpc) is 2.67. The number of benzene rings is 2. The van der Waals surface area contributed by atoms with E-state index in [2.05, 4.69) is 0 Å². The maximum Gasteiger partial charge on any atom is 0.261 e. The van der Waals surface area contributed by atoms with E-state index in [0.717, 1.165) is 5.39 Å². The predicted molar refractivity (Wildman–Crippen MR) is 107 cm³/mol.